The lowest BCUT2D eigenvalue weighted by molar-refractivity contribution is 0.0697. The van der Waals surface area contributed by atoms with E-state index in [1.165, 1.54) is 17.7 Å². The molecule has 0 radical (unpaired) electrons. The molecule has 126 valence electrons. The Balaban J connectivity index is 1.88. The summed E-state index contributed by atoms with van der Waals surface area (Å²) in [7, 11) is 1.63. The first-order chi connectivity index (χ1) is 11.5. The van der Waals surface area contributed by atoms with Crippen LogP contribution in [0, 0.1) is 5.92 Å². The van der Waals surface area contributed by atoms with E-state index in [-0.39, 0.29) is 17.4 Å². The summed E-state index contributed by atoms with van der Waals surface area (Å²) in [5, 5.41) is 11.8. The van der Waals surface area contributed by atoms with Crippen LogP contribution in [0.15, 0.2) is 48.5 Å². The molecule has 0 aliphatic rings. The number of amides is 1. The fourth-order valence-electron chi connectivity index (χ4n) is 2.40. The molecule has 0 aliphatic carbocycles. The third-order valence-electron chi connectivity index (χ3n) is 3.73. The monoisotopic (exact) mass is 327 g/mol. The lowest BCUT2D eigenvalue weighted by atomic mass is 10.0. The highest BCUT2D eigenvalue weighted by molar-refractivity contribution is 5.97. The minimum absolute atomic E-state index is 0.105. The van der Waals surface area contributed by atoms with Crippen molar-refractivity contribution in [2.24, 2.45) is 5.92 Å². The van der Waals surface area contributed by atoms with Gasteiger partial charge in [0.05, 0.1) is 12.7 Å². The molecule has 0 bridgehead atoms. The number of carboxylic acids is 1. The van der Waals surface area contributed by atoms with Crippen LogP contribution in [0.1, 0.15) is 33.2 Å². The van der Waals surface area contributed by atoms with Gasteiger partial charge in [0.1, 0.15) is 5.75 Å². The van der Waals surface area contributed by atoms with Gasteiger partial charge in [-0.05, 0) is 48.2 Å². The highest BCUT2D eigenvalue weighted by atomic mass is 16.5. The van der Waals surface area contributed by atoms with Crippen molar-refractivity contribution in [2.75, 3.05) is 13.7 Å². The van der Waals surface area contributed by atoms with Gasteiger partial charge in [0, 0.05) is 12.1 Å². The lowest BCUT2D eigenvalue weighted by Gasteiger charge is -2.13. The number of hydrogen-bond acceptors (Lipinski definition) is 3. The number of benzene rings is 2. The summed E-state index contributed by atoms with van der Waals surface area (Å²) in [5.41, 5.74) is 1.63. The van der Waals surface area contributed by atoms with Crippen molar-refractivity contribution in [3.05, 3.63) is 65.2 Å². The second-order valence-electron chi connectivity index (χ2n) is 5.75. The molecule has 0 fully saturated rings. The average molecular weight is 327 g/mol. The summed E-state index contributed by atoms with van der Waals surface area (Å²) in [4.78, 5) is 23.1. The van der Waals surface area contributed by atoms with Gasteiger partial charge in [-0.3, -0.25) is 4.79 Å². The van der Waals surface area contributed by atoms with Crippen LogP contribution in [0.5, 0.6) is 5.75 Å². The molecule has 2 rings (SSSR count). The van der Waals surface area contributed by atoms with Crippen LogP contribution in [0.3, 0.4) is 0 Å². The van der Waals surface area contributed by atoms with Crippen LogP contribution >= 0.6 is 0 Å². The summed E-state index contributed by atoms with van der Waals surface area (Å²) in [6.45, 7) is 2.57. The number of aromatic carboxylic acids is 1. The lowest BCUT2D eigenvalue weighted by Crippen LogP contribution is -2.29. The summed E-state index contributed by atoms with van der Waals surface area (Å²) >= 11 is 0. The minimum atomic E-state index is -1.04. The molecule has 2 aromatic carbocycles. The van der Waals surface area contributed by atoms with Gasteiger partial charge in [-0.1, -0.05) is 25.1 Å². The quantitative estimate of drug-likeness (QED) is 0.820. The van der Waals surface area contributed by atoms with E-state index in [0.29, 0.717) is 12.1 Å². The van der Waals surface area contributed by atoms with Crippen LogP contribution < -0.4 is 10.1 Å². The second-order valence-corrected chi connectivity index (χ2v) is 5.75. The predicted octanol–water partition coefficient (Wildman–Crippen LogP) is 3.00. The molecular formula is C19H21NO4. The first-order valence-electron chi connectivity index (χ1n) is 7.74. The third kappa shape index (κ3) is 4.84. The standard InChI is InChI=1S/C19H21NO4/c1-13(10-14-6-8-17(24-2)9-7-14)12-20-18(21)15-4-3-5-16(11-15)19(22)23/h3-9,11,13H,10,12H2,1-2H3,(H,20,21)(H,22,23). The molecule has 2 aromatic rings. The van der Waals surface area contributed by atoms with Crippen molar-refractivity contribution in [1.82, 2.24) is 5.32 Å². The molecule has 1 atom stereocenters. The summed E-state index contributed by atoms with van der Waals surface area (Å²) in [5.74, 6) is -0.236. The van der Waals surface area contributed by atoms with Crippen molar-refractivity contribution in [3.63, 3.8) is 0 Å². The number of rotatable bonds is 7. The van der Waals surface area contributed by atoms with E-state index < -0.39 is 5.97 Å². The number of nitrogens with one attached hydrogen (secondary N) is 1. The molecular weight excluding hydrogens is 306 g/mol. The van der Waals surface area contributed by atoms with Gasteiger partial charge in [0.15, 0.2) is 0 Å². The maximum atomic E-state index is 12.1. The average Bonchev–Trinajstić information content (AvgIpc) is 2.60. The Bertz CT molecular complexity index is 710. The molecule has 2 N–H and O–H groups in total. The topological polar surface area (TPSA) is 75.6 Å². The van der Waals surface area contributed by atoms with E-state index in [1.807, 2.05) is 24.3 Å². The molecule has 0 spiro atoms. The maximum absolute atomic E-state index is 12.1. The zero-order chi connectivity index (χ0) is 17.5. The normalized spacial score (nSPS) is 11.6. The van der Waals surface area contributed by atoms with E-state index in [2.05, 4.69) is 12.2 Å². The minimum Gasteiger partial charge on any atom is -0.497 e. The fraction of sp³-hybridized carbons (Fsp3) is 0.263. The summed E-state index contributed by atoms with van der Waals surface area (Å²) in [6, 6.07) is 13.9. The van der Waals surface area contributed by atoms with Crippen molar-refractivity contribution in [2.45, 2.75) is 13.3 Å². The zero-order valence-corrected chi connectivity index (χ0v) is 13.8. The molecule has 0 saturated carbocycles. The SMILES string of the molecule is COc1ccc(CC(C)CNC(=O)c2cccc(C(=O)O)c2)cc1. The summed E-state index contributed by atoms with van der Waals surface area (Å²) in [6.07, 6.45) is 0.833. The van der Waals surface area contributed by atoms with E-state index >= 15 is 0 Å². The Kier molecular flexibility index (Phi) is 5.95. The van der Waals surface area contributed by atoms with Gasteiger partial charge in [-0.25, -0.2) is 4.79 Å². The second kappa shape index (κ2) is 8.15. The maximum Gasteiger partial charge on any atom is 0.335 e. The van der Waals surface area contributed by atoms with E-state index in [9.17, 15) is 9.59 Å². The molecule has 0 saturated heterocycles. The molecule has 5 nitrogen and oxygen atoms in total. The number of hydrogen-bond donors (Lipinski definition) is 2. The smallest absolute Gasteiger partial charge is 0.335 e. The van der Waals surface area contributed by atoms with Crippen LogP contribution in [-0.4, -0.2) is 30.6 Å². The number of carbonyl (C=O) groups is 2. The molecule has 0 aromatic heterocycles. The fourth-order valence-corrected chi connectivity index (χ4v) is 2.40. The zero-order valence-electron chi connectivity index (χ0n) is 13.8. The molecule has 5 heteroatoms. The first kappa shape index (κ1) is 17.5. The summed E-state index contributed by atoms with van der Waals surface area (Å²) < 4.78 is 5.13. The van der Waals surface area contributed by atoms with Gasteiger partial charge in [-0.15, -0.1) is 0 Å². The molecule has 1 unspecified atom stereocenters. The number of carboxylic acid groups (broad SMARTS) is 1. The van der Waals surface area contributed by atoms with Crippen molar-refractivity contribution in [1.29, 1.82) is 0 Å². The highest BCUT2D eigenvalue weighted by Crippen LogP contribution is 2.14. The van der Waals surface area contributed by atoms with Gasteiger partial charge in [0.25, 0.3) is 5.91 Å². The van der Waals surface area contributed by atoms with Gasteiger partial charge >= 0.3 is 5.97 Å². The predicted molar refractivity (Wildman–Crippen MR) is 91.6 cm³/mol. The van der Waals surface area contributed by atoms with Gasteiger partial charge in [-0.2, -0.15) is 0 Å². The van der Waals surface area contributed by atoms with Crippen molar-refractivity contribution in [3.8, 4) is 5.75 Å². The van der Waals surface area contributed by atoms with E-state index in [4.69, 9.17) is 9.84 Å². The third-order valence-corrected chi connectivity index (χ3v) is 3.73. The number of methoxy groups -OCH3 is 1. The van der Waals surface area contributed by atoms with Crippen LogP contribution in [-0.2, 0) is 6.42 Å². The molecule has 0 aliphatic heterocycles. The van der Waals surface area contributed by atoms with Crippen molar-refractivity contribution < 1.29 is 19.4 Å². The van der Waals surface area contributed by atoms with E-state index in [0.717, 1.165) is 12.2 Å². The molecule has 1 amide bonds. The highest BCUT2D eigenvalue weighted by Gasteiger charge is 2.11. The Morgan fingerprint density at radius 1 is 1.12 bits per heavy atom. The largest absolute Gasteiger partial charge is 0.497 e. The molecule has 24 heavy (non-hydrogen) atoms. The van der Waals surface area contributed by atoms with Crippen LogP contribution in [0.2, 0.25) is 0 Å². The van der Waals surface area contributed by atoms with Crippen LogP contribution in [0.4, 0.5) is 0 Å². The van der Waals surface area contributed by atoms with Gasteiger partial charge < -0.3 is 15.2 Å². The first-order valence-corrected chi connectivity index (χ1v) is 7.74. The Morgan fingerprint density at radius 2 is 1.79 bits per heavy atom. The number of carbonyl (C=O) groups excluding carboxylic acids is 1. The Morgan fingerprint density at radius 3 is 2.42 bits per heavy atom. The van der Waals surface area contributed by atoms with E-state index in [1.54, 1.807) is 19.2 Å². The Labute approximate surface area is 141 Å². The Hall–Kier alpha value is -2.82. The molecule has 0 heterocycles. The van der Waals surface area contributed by atoms with Crippen molar-refractivity contribution >= 4 is 11.9 Å². The van der Waals surface area contributed by atoms with Crippen LogP contribution in [0.25, 0.3) is 0 Å². The number of ether oxygens (including phenoxy) is 1. The van der Waals surface area contributed by atoms with Gasteiger partial charge in [0.2, 0.25) is 0 Å².